The molecule has 0 spiro atoms. The molecule has 130 valence electrons. The lowest BCUT2D eigenvalue weighted by Gasteiger charge is -2.21. The van der Waals surface area contributed by atoms with Crippen LogP contribution in [-0.4, -0.2) is 45.5 Å². The van der Waals surface area contributed by atoms with E-state index >= 15 is 0 Å². The zero-order valence-corrected chi connectivity index (χ0v) is 14.4. The molecule has 1 aliphatic heterocycles. The van der Waals surface area contributed by atoms with Gasteiger partial charge in [-0.25, -0.2) is 4.79 Å². The number of carboxylic acid groups (broad SMARTS) is 1. The van der Waals surface area contributed by atoms with Crippen LogP contribution >= 0.6 is 23.9 Å². The van der Waals surface area contributed by atoms with E-state index in [1.165, 1.54) is 4.90 Å². The number of hydrogen-bond acceptors (Lipinski definition) is 8. The minimum absolute atomic E-state index is 0.0235. The summed E-state index contributed by atoms with van der Waals surface area (Å²) < 4.78 is 5.53. The largest absolute Gasteiger partial charge is 0.480 e. The first-order valence-corrected chi connectivity index (χ1v) is 9.33. The molecule has 1 rings (SSSR count). The van der Waals surface area contributed by atoms with E-state index < -0.39 is 12.0 Å². The number of carbonyl (C=O) groups is 2. The van der Waals surface area contributed by atoms with Gasteiger partial charge < -0.3 is 10.0 Å². The Kier molecular flexibility index (Phi) is 9.85. The Bertz CT molecular complexity index is 424. The molecule has 1 fully saturated rings. The third-order valence-electron chi connectivity index (χ3n) is 3.80. The van der Waals surface area contributed by atoms with Gasteiger partial charge in [-0.15, -0.1) is 9.81 Å². The van der Waals surface area contributed by atoms with Crippen molar-refractivity contribution in [1.82, 2.24) is 4.90 Å². The van der Waals surface area contributed by atoms with E-state index in [0.717, 1.165) is 43.2 Å². The van der Waals surface area contributed by atoms with Gasteiger partial charge in [0, 0.05) is 57.0 Å². The Morgan fingerprint density at radius 1 is 1.22 bits per heavy atom. The molecule has 2 atom stereocenters. The third kappa shape index (κ3) is 7.30. The van der Waals surface area contributed by atoms with Crippen LogP contribution in [0.5, 0.6) is 0 Å². The minimum Gasteiger partial charge on any atom is -0.480 e. The molecular weight excluding hydrogens is 342 g/mol. The molecule has 1 amide bonds. The highest BCUT2D eigenvalue weighted by Crippen LogP contribution is 2.24. The van der Waals surface area contributed by atoms with E-state index in [2.05, 4.69) is 9.16 Å². The van der Waals surface area contributed by atoms with Gasteiger partial charge in [-0.2, -0.15) is 0 Å². The lowest BCUT2D eigenvalue weighted by molar-refractivity contribution is -0.148. The number of nitroso groups, excluding NO2 is 2. The molecule has 1 N–H and O–H groups in total. The molecule has 0 bridgehead atoms. The van der Waals surface area contributed by atoms with Gasteiger partial charge in [0.2, 0.25) is 5.91 Å². The van der Waals surface area contributed by atoms with E-state index in [-0.39, 0.29) is 11.2 Å². The number of amides is 1. The maximum Gasteiger partial charge on any atom is 0.326 e. The van der Waals surface area contributed by atoms with Crippen molar-refractivity contribution >= 4 is 35.8 Å². The highest BCUT2D eigenvalue weighted by atomic mass is 32.2. The summed E-state index contributed by atoms with van der Waals surface area (Å²) in [6, 6.07) is -0.682. The Morgan fingerprint density at radius 3 is 2.65 bits per heavy atom. The SMILES string of the molecule is O=NSCC[C@H](CCCCC(=O)N1CCCC1C(=O)O)SN=O. The highest BCUT2D eigenvalue weighted by molar-refractivity contribution is 7.99. The first kappa shape index (κ1) is 19.9. The van der Waals surface area contributed by atoms with Crippen molar-refractivity contribution < 1.29 is 14.7 Å². The Hall–Kier alpha value is -1.16. The predicted octanol–water partition coefficient (Wildman–Crippen LogP) is 3.21. The molecule has 0 aromatic rings. The highest BCUT2D eigenvalue weighted by Gasteiger charge is 2.33. The van der Waals surface area contributed by atoms with Gasteiger partial charge in [-0.3, -0.25) is 4.79 Å². The number of aliphatic carboxylic acids is 1. The van der Waals surface area contributed by atoms with Gasteiger partial charge >= 0.3 is 5.97 Å². The smallest absolute Gasteiger partial charge is 0.326 e. The molecule has 0 aliphatic carbocycles. The van der Waals surface area contributed by atoms with Crippen molar-refractivity contribution in [1.29, 1.82) is 0 Å². The van der Waals surface area contributed by atoms with Crippen LogP contribution in [0.15, 0.2) is 9.16 Å². The molecule has 1 saturated heterocycles. The minimum atomic E-state index is -0.939. The molecule has 0 saturated carbocycles. The van der Waals surface area contributed by atoms with Gasteiger partial charge in [0.25, 0.3) is 0 Å². The molecule has 1 aliphatic rings. The van der Waals surface area contributed by atoms with E-state index in [1.54, 1.807) is 0 Å². The fourth-order valence-electron chi connectivity index (χ4n) is 2.65. The van der Waals surface area contributed by atoms with Crippen LogP contribution in [-0.2, 0) is 9.59 Å². The van der Waals surface area contributed by atoms with Crippen molar-refractivity contribution in [2.75, 3.05) is 12.3 Å². The second-order valence-electron chi connectivity index (χ2n) is 5.33. The van der Waals surface area contributed by atoms with Crippen LogP contribution in [0, 0.1) is 9.81 Å². The Balaban J connectivity index is 2.26. The first-order valence-electron chi connectivity index (χ1n) is 7.55. The summed E-state index contributed by atoms with van der Waals surface area (Å²) in [4.78, 5) is 45.0. The molecule has 8 nitrogen and oxygen atoms in total. The second-order valence-corrected chi connectivity index (χ2v) is 7.17. The first-order chi connectivity index (χ1) is 11.1. The van der Waals surface area contributed by atoms with Crippen LogP contribution in [0.3, 0.4) is 0 Å². The normalized spacial score (nSPS) is 18.6. The van der Waals surface area contributed by atoms with Crippen molar-refractivity contribution in [2.45, 2.75) is 56.2 Å². The number of carbonyl (C=O) groups excluding carboxylic acids is 1. The number of likely N-dealkylation sites (tertiary alicyclic amines) is 1. The van der Waals surface area contributed by atoms with Crippen LogP contribution in [0.25, 0.3) is 0 Å². The van der Waals surface area contributed by atoms with Gasteiger partial charge in [-0.1, -0.05) is 6.42 Å². The fourth-order valence-corrected chi connectivity index (χ4v) is 3.88. The van der Waals surface area contributed by atoms with Gasteiger partial charge in [-0.05, 0) is 32.1 Å². The van der Waals surface area contributed by atoms with Gasteiger partial charge in [0.15, 0.2) is 0 Å². The zero-order chi connectivity index (χ0) is 17.1. The Labute approximate surface area is 143 Å². The van der Waals surface area contributed by atoms with Crippen molar-refractivity contribution in [3.05, 3.63) is 9.81 Å². The molecule has 23 heavy (non-hydrogen) atoms. The number of carboxylic acids is 1. The van der Waals surface area contributed by atoms with Crippen LogP contribution in [0.2, 0.25) is 0 Å². The molecule has 0 aromatic heterocycles. The number of rotatable bonds is 12. The summed E-state index contributed by atoms with van der Waals surface area (Å²) in [5.41, 5.74) is 0. The molecular formula is C13H21N3O5S2. The Morgan fingerprint density at radius 2 is 2.00 bits per heavy atom. The van der Waals surface area contributed by atoms with Crippen molar-refractivity contribution in [2.24, 2.45) is 9.16 Å². The number of unbranched alkanes of at least 4 members (excludes halogenated alkanes) is 1. The fraction of sp³-hybridized carbons (Fsp3) is 0.846. The number of hydrogen-bond donors (Lipinski definition) is 1. The summed E-state index contributed by atoms with van der Waals surface area (Å²) in [6.07, 6.45) is 4.36. The topological polar surface area (TPSA) is 116 Å². The van der Waals surface area contributed by atoms with E-state index in [9.17, 15) is 19.4 Å². The molecule has 0 aromatic carbocycles. The van der Waals surface area contributed by atoms with Crippen molar-refractivity contribution in [3.8, 4) is 0 Å². The quantitative estimate of drug-likeness (QED) is 0.321. The van der Waals surface area contributed by atoms with E-state index in [4.69, 9.17) is 5.11 Å². The second kappa shape index (κ2) is 11.4. The van der Waals surface area contributed by atoms with Crippen LogP contribution < -0.4 is 0 Å². The maximum atomic E-state index is 12.1. The average Bonchev–Trinajstić information content (AvgIpc) is 3.01. The lowest BCUT2D eigenvalue weighted by atomic mass is 10.1. The molecule has 0 radical (unpaired) electrons. The van der Waals surface area contributed by atoms with Crippen molar-refractivity contribution in [3.63, 3.8) is 0 Å². The van der Waals surface area contributed by atoms with E-state index in [0.29, 0.717) is 38.0 Å². The molecule has 1 unspecified atom stereocenters. The lowest BCUT2D eigenvalue weighted by Crippen LogP contribution is -2.40. The summed E-state index contributed by atoms with van der Waals surface area (Å²) in [6.45, 7) is 0.513. The number of nitrogens with zero attached hydrogens (tertiary/aromatic N) is 3. The molecule has 1 heterocycles. The summed E-state index contributed by atoms with van der Waals surface area (Å²) in [7, 11) is 0. The monoisotopic (exact) mass is 363 g/mol. The maximum absolute atomic E-state index is 12.1. The standard InChI is InChI=1S/C13H21N3O5S2/c17-12(16-8-3-5-11(16)13(18)19)6-2-1-4-10(23-15-21)7-9-22-14-20/h10-11H,1-9H2,(H,18,19)/t10-,11?/m0/s1. The van der Waals surface area contributed by atoms with Crippen LogP contribution in [0.4, 0.5) is 0 Å². The van der Waals surface area contributed by atoms with Gasteiger partial charge in [0.1, 0.15) is 6.04 Å². The summed E-state index contributed by atoms with van der Waals surface area (Å²) in [5, 5.41) is 9.09. The molecule has 10 heteroatoms. The predicted molar refractivity (Wildman–Crippen MR) is 90.9 cm³/mol. The van der Waals surface area contributed by atoms with Gasteiger partial charge in [0.05, 0.1) is 0 Å². The van der Waals surface area contributed by atoms with E-state index in [1.807, 2.05) is 0 Å². The average molecular weight is 363 g/mol. The zero-order valence-electron chi connectivity index (χ0n) is 12.8. The third-order valence-corrected chi connectivity index (χ3v) is 5.18. The van der Waals surface area contributed by atoms with Crippen LogP contribution in [0.1, 0.15) is 44.9 Å². The summed E-state index contributed by atoms with van der Waals surface area (Å²) in [5.74, 6) is -0.511. The summed E-state index contributed by atoms with van der Waals surface area (Å²) >= 11 is 1.88.